The summed E-state index contributed by atoms with van der Waals surface area (Å²) in [6.45, 7) is 1.86. The molecule has 0 spiro atoms. The first-order valence-electron chi connectivity index (χ1n) is 5.08. The van der Waals surface area contributed by atoms with E-state index in [1.165, 1.54) is 19.2 Å². The first-order valence-corrected chi connectivity index (χ1v) is 5.46. The first kappa shape index (κ1) is 13.1. The Morgan fingerprint density at radius 2 is 2.25 bits per heavy atom. The van der Waals surface area contributed by atoms with Crippen molar-refractivity contribution in [2.45, 2.75) is 25.9 Å². The predicted molar refractivity (Wildman–Crippen MR) is 61.2 cm³/mol. The lowest BCUT2D eigenvalue weighted by Crippen LogP contribution is -2.23. The molecular weight excluding hydrogens is 231 g/mol. The molecule has 0 N–H and O–H groups in total. The number of rotatable bonds is 5. The zero-order valence-electron chi connectivity index (χ0n) is 9.30. The van der Waals surface area contributed by atoms with Gasteiger partial charge in [0.2, 0.25) is 0 Å². The van der Waals surface area contributed by atoms with Crippen LogP contribution in [0.15, 0.2) is 18.2 Å². The highest BCUT2D eigenvalue weighted by Gasteiger charge is 2.17. The summed E-state index contributed by atoms with van der Waals surface area (Å²) in [6.07, 6.45) is 0.255. The van der Waals surface area contributed by atoms with Crippen LogP contribution in [-0.2, 0) is 16.0 Å². The Bertz CT molecular complexity index is 375. The molecule has 0 aliphatic heterocycles. The van der Waals surface area contributed by atoms with Gasteiger partial charge >= 0.3 is 0 Å². The van der Waals surface area contributed by atoms with Gasteiger partial charge in [-0.25, -0.2) is 4.39 Å². The number of carbonyl (C=O) groups excluding carboxylic acids is 1. The molecule has 88 valence electrons. The first-order chi connectivity index (χ1) is 7.60. The number of methoxy groups -OCH3 is 1. The largest absolute Gasteiger partial charge is 0.374 e. The van der Waals surface area contributed by atoms with Crippen molar-refractivity contribution in [3.8, 4) is 0 Å². The van der Waals surface area contributed by atoms with Crippen LogP contribution in [-0.4, -0.2) is 19.0 Å². The molecule has 0 saturated carbocycles. The molecule has 16 heavy (non-hydrogen) atoms. The van der Waals surface area contributed by atoms with E-state index in [1.54, 1.807) is 6.07 Å². The second-order valence-electron chi connectivity index (χ2n) is 3.49. The van der Waals surface area contributed by atoms with E-state index in [-0.39, 0.29) is 17.2 Å². The summed E-state index contributed by atoms with van der Waals surface area (Å²) in [5.74, 6) is -0.588. The number of ketones is 1. The summed E-state index contributed by atoms with van der Waals surface area (Å²) < 4.78 is 18.1. The van der Waals surface area contributed by atoms with E-state index in [0.717, 1.165) is 0 Å². The highest BCUT2D eigenvalue weighted by Crippen LogP contribution is 2.21. The van der Waals surface area contributed by atoms with Gasteiger partial charge in [0.05, 0.1) is 5.02 Å². The molecule has 1 rings (SSSR count). The highest BCUT2D eigenvalue weighted by atomic mass is 35.5. The molecule has 0 amide bonds. The fraction of sp³-hybridized carbons (Fsp3) is 0.417. The molecule has 0 radical (unpaired) electrons. The zero-order chi connectivity index (χ0) is 12.1. The van der Waals surface area contributed by atoms with E-state index in [9.17, 15) is 9.18 Å². The molecule has 0 aliphatic carbocycles. The molecule has 1 aromatic carbocycles. The number of hydrogen-bond acceptors (Lipinski definition) is 2. The minimum Gasteiger partial charge on any atom is -0.374 e. The number of ether oxygens (including phenoxy) is 1. The molecule has 0 saturated heterocycles. The molecule has 4 heteroatoms. The number of halogens is 2. The van der Waals surface area contributed by atoms with Crippen LogP contribution in [0.1, 0.15) is 18.9 Å². The fourth-order valence-electron chi connectivity index (χ4n) is 1.51. The van der Waals surface area contributed by atoms with Crippen LogP contribution in [0, 0.1) is 5.82 Å². The molecule has 0 bridgehead atoms. The molecule has 2 nitrogen and oxygen atoms in total. The molecule has 1 aromatic rings. The van der Waals surface area contributed by atoms with E-state index < -0.39 is 11.9 Å². The van der Waals surface area contributed by atoms with E-state index >= 15 is 0 Å². The van der Waals surface area contributed by atoms with Crippen molar-refractivity contribution in [2.24, 2.45) is 0 Å². The maximum absolute atomic E-state index is 13.1. The summed E-state index contributed by atoms with van der Waals surface area (Å²) in [4.78, 5) is 11.7. The molecule has 0 heterocycles. The third kappa shape index (κ3) is 3.03. The van der Waals surface area contributed by atoms with E-state index in [0.29, 0.717) is 12.0 Å². The summed E-state index contributed by atoms with van der Waals surface area (Å²) >= 11 is 5.76. The normalized spacial score (nSPS) is 12.5. The topological polar surface area (TPSA) is 26.3 Å². The second-order valence-corrected chi connectivity index (χ2v) is 3.87. The third-order valence-corrected chi connectivity index (χ3v) is 2.83. The predicted octanol–water partition coefficient (Wildman–Crippen LogP) is 3.02. The van der Waals surface area contributed by atoms with E-state index in [1.807, 2.05) is 6.92 Å². The molecule has 0 fully saturated rings. The maximum Gasteiger partial charge on any atom is 0.165 e. The van der Waals surface area contributed by atoms with Gasteiger partial charge in [-0.2, -0.15) is 0 Å². The molecule has 0 aliphatic rings. The maximum atomic E-state index is 13.1. The average molecular weight is 245 g/mol. The van der Waals surface area contributed by atoms with Crippen molar-refractivity contribution in [1.82, 2.24) is 0 Å². The summed E-state index contributed by atoms with van der Waals surface area (Å²) in [6, 6.07) is 4.45. The van der Waals surface area contributed by atoms with E-state index in [4.69, 9.17) is 16.3 Å². The Balaban J connectivity index is 2.80. The molecule has 1 unspecified atom stereocenters. The zero-order valence-corrected chi connectivity index (χ0v) is 10.1. The van der Waals surface area contributed by atoms with Crippen molar-refractivity contribution in [1.29, 1.82) is 0 Å². The van der Waals surface area contributed by atoms with Crippen LogP contribution in [0.25, 0.3) is 0 Å². The monoisotopic (exact) mass is 244 g/mol. The highest BCUT2D eigenvalue weighted by molar-refractivity contribution is 6.31. The van der Waals surface area contributed by atoms with Gasteiger partial charge in [0, 0.05) is 13.5 Å². The SMILES string of the molecule is CCC(OC)C(=O)Cc1cccc(F)c1Cl. The van der Waals surface area contributed by atoms with Gasteiger partial charge in [-0.1, -0.05) is 30.7 Å². The van der Waals surface area contributed by atoms with Crippen LogP contribution >= 0.6 is 11.6 Å². The van der Waals surface area contributed by atoms with E-state index in [2.05, 4.69) is 0 Å². The second kappa shape index (κ2) is 5.97. The van der Waals surface area contributed by atoms with Gasteiger partial charge in [0.1, 0.15) is 11.9 Å². The Labute approximate surface area is 99.4 Å². The minimum absolute atomic E-state index is 0.0156. The standard InChI is InChI=1S/C12H14ClFO2/c1-3-11(16-2)10(15)7-8-5-4-6-9(14)12(8)13/h4-6,11H,3,7H2,1-2H3. The lowest BCUT2D eigenvalue weighted by Gasteiger charge is -2.12. The lowest BCUT2D eigenvalue weighted by molar-refractivity contribution is -0.128. The Kier molecular flexibility index (Phi) is 4.90. The van der Waals surface area contributed by atoms with Crippen LogP contribution < -0.4 is 0 Å². The van der Waals surface area contributed by atoms with Crippen molar-refractivity contribution in [3.05, 3.63) is 34.6 Å². The smallest absolute Gasteiger partial charge is 0.165 e. The van der Waals surface area contributed by atoms with Gasteiger partial charge in [0.25, 0.3) is 0 Å². The average Bonchev–Trinajstić information content (AvgIpc) is 2.26. The van der Waals surface area contributed by atoms with Crippen LogP contribution in [0.5, 0.6) is 0 Å². The molecular formula is C12H14ClFO2. The molecule has 0 aromatic heterocycles. The van der Waals surface area contributed by atoms with Gasteiger partial charge < -0.3 is 4.74 Å². The Morgan fingerprint density at radius 1 is 1.56 bits per heavy atom. The van der Waals surface area contributed by atoms with Crippen LogP contribution in [0.3, 0.4) is 0 Å². The van der Waals surface area contributed by atoms with Crippen molar-refractivity contribution in [3.63, 3.8) is 0 Å². The summed E-state index contributed by atoms with van der Waals surface area (Å²) in [5.41, 5.74) is 0.502. The number of carbonyl (C=O) groups is 1. The van der Waals surface area contributed by atoms with Gasteiger partial charge in [0.15, 0.2) is 5.78 Å². The van der Waals surface area contributed by atoms with Crippen LogP contribution in [0.4, 0.5) is 4.39 Å². The Hall–Kier alpha value is -0.930. The van der Waals surface area contributed by atoms with Gasteiger partial charge in [-0.05, 0) is 18.1 Å². The Morgan fingerprint density at radius 3 is 2.81 bits per heavy atom. The number of hydrogen-bond donors (Lipinski definition) is 0. The lowest BCUT2D eigenvalue weighted by atomic mass is 10.0. The summed E-state index contributed by atoms with van der Waals surface area (Å²) in [5, 5.41) is 0.0156. The number of benzene rings is 1. The fourth-order valence-corrected chi connectivity index (χ4v) is 1.71. The molecule has 1 atom stereocenters. The number of Topliss-reactive ketones (excluding diaryl/α,β-unsaturated/α-hetero) is 1. The van der Waals surface area contributed by atoms with Crippen molar-refractivity contribution < 1.29 is 13.9 Å². The van der Waals surface area contributed by atoms with Crippen molar-refractivity contribution in [2.75, 3.05) is 7.11 Å². The third-order valence-electron chi connectivity index (χ3n) is 2.41. The van der Waals surface area contributed by atoms with Crippen LogP contribution in [0.2, 0.25) is 5.02 Å². The minimum atomic E-state index is -0.502. The quantitative estimate of drug-likeness (QED) is 0.796. The van der Waals surface area contributed by atoms with Crippen molar-refractivity contribution >= 4 is 17.4 Å². The van der Waals surface area contributed by atoms with Gasteiger partial charge in [-0.15, -0.1) is 0 Å². The van der Waals surface area contributed by atoms with Gasteiger partial charge in [-0.3, -0.25) is 4.79 Å². The summed E-state index contributed by atoms with van der Waals surface area (Å²) in [7, 11) is 1.49.